The predicted octanol–water partition coefficient (Wildman–Crippen LogP) is 4.25. The highest BCUT2D eigenvalue weighted by atomic mass is 16.3. The van der Waals surface area contributed by atoms with Gasteiger partial charge in [-0.25, -0.2) is 0 Å². The van der Waals surface area contributed by atoms with Crippen molar-refractivity contribution in [3.05, 3.63) is 0 Å². The molecular formula is C15H30O2. The van der Waals surface area contributed by atoms with Crippen molar-refractivity contribution in [3.63, 3.8) is 0 Å². The fourth-order valence-corrected chi connectivity index (χ4v) is 2.06. The average Bonchev–Trinajstić information content (AvgIpc) is 2.26. The molecule has 1 unspecified atom stereocenters. The number of carbonyl (C=O) groups is 1. The molecule has 0 aromatic carbocycles. The van der Waals surface area contributed by atoms with Crippen LogP contribution in [0.15, 0.2) is 0 Å². The summed E-state index contributed by atoms with van der Waals surface area (Å²) in [6.45, 7) is 3.92. The Bertz CT molecular complexity index is 176. The van der Waals surface area contributed by atoms with E-state index in [1.807, 2.05) is 0 Å². The van der Waals surface area contributed by atoms with Crippen LogP contribution in [0.3, 0.4) is 0 Å². The first-order valence-electron chi connectivity index (χ1n) is 7.36. The third kappa shape index (κ3) is 13.6. The topological polar surface area (TPSA) is 37.3 Å². The summed E-state index contributed by atoms with van der Waals surface area (Å²) in [4.78, 5) is 11.3. The summed E-state index contributed by atoms with van der Waals surface area (Å²) in [6.07, 6.45) is 12.0. The second-order valence-electron chi connectivity index (χ2n) is 5.17. The SMILES string of the molecule is CCCCCCCCCCCC(=O)CC(C)O. The fraction of sp³-hybridized carbons (Fsp3) is 0.933. The van der Waals surface area contributed by atoms with E-state index in [0.717, 1.165) is 6.42 Å². The Labute approximate surface area is 107 Å². The molecule has 102 valence electrons. The third-order valence-corrected chi connectivity index (χ3v) is 3.08. The van der Waals surface area contributed by atoms with Gasteiger partial charge in [0.15, 0.2) is 0 Å². The normalized spacial score (nSPS) is 12.6. The second kappa shape index (κ2) is 12.1. The molecule has 0 amide bonds. The van der Waals surface area contributed by atoms with E-state index < -0.39 is 6.10 Å². The first-order chi connectivity index (χ1) is 8.16. The van der Waals surface area contributed by atoms with Crippen molar-refractivity contribution >= 4 is 5.78 Å². The molecule has 0 radical (unpaired) electrons. The molecule has 0 rings (SSSR count). The highest BCUT2D eigenvalue weighted by Gasteiger charge is 2.05. The highest BCUT2D eigenvalue weighted by Crippen LogP contribution is 2.11. The number of aliphatic hydroxyl groups excluding tert-OH is 1. The molecule has 0 aromatic heterocycles. The van der Waals surface area contributed by atoms with Gasteiger partial charge in [0, 0.05) is 12.8 Å². The lowest BCUT2D eigenvalue weighted by Crippen LogP contribution is -2.08. The second-order valence-corrected chi connectivity index (χ2v) is 5.17. The Morgan fingerprint density at radius 1 is 0.941 bits per heavy atom. The number of ketones is 1. The number of aliphatic hydroxyl groups is 1. The van der Waals surface area contributed by atoms with Crippen molar-refractivity contribution in [1.82, 2.24) is 0 Å². The van der Waals surface area contributed by atoms with E-state index in [-0.39, 0.29) is 5.78 Å². The molecule has 0 saturated heterocycles. The number of carbonyl (C=O) groups excluding carboxylic acids is 1. The summed E-state index contributed by atoms with van der Waals surface area (Å²) in [5.74, 6) is 0.211. The lowest BCUT2D eigenvalue weighted by atomic mass is 10.0. The Hall–Kier alpha value is -0.370. The zero-order valence-corrected chi connectivity index (χ0v) is 11.7. The van der Waals surface area contributed by atoms with Gasteiger partial charge in [-0.2, -0.15) is 0 Å². The molecule has 0 bridgehead atoms. The Morgan fingerprint density at radius 3 is 1.88 bits per heavy atom. The standard InChI is InChI=1S/C15H30O2/c1-3-4-5-6-7-8-9-10-11-12-15(17)13-14(2)16/h14,16H,3-13H2,1-2H3. The molecule has 1 atom stereocenters. The zero-order valence-electron chi connectivity index (χ0n) is 11.7. The van der Waals surface area contributed by atoms with Crippen molar-refractivity contribution in [1.29, 1.82) is 0 Å². The summed E-state index contributed by atoms with van der Waals surface area (Å²) in [5.41, 5.74) is 0. The van der Waals surface area contributed by atoms with Crippen LogP contribution in [0.1, 0.15) is 84.5 Å². The Kier molecular flexibility index (Phi) is 11.8. The van der Waals surface area contributed by atoms with Crippen molar-refractivity contribution in [3.8, 4) is 0 Å². The molecule has 1 N–H and O–H groups in total. The van der Waals surface area contributed by atoms with Crippen LogP contribution < -0.4 is 0 Å². The monoisotopic (exact) mass is 242 g/mol. The van der Waals surface area contributed by atoms with E-state index in [0.29, 0.717) is 12.8 Å². The van der Waals surface area contributed by atoms with Crippen LogP contribution in [0.4, 0.5) is 0 Å². The molecule has 0 heterocycles. The largest absolute Gasteiger partial charge is 0.393 e. The van der Waals surface area contributed by atoms with E-state index in [1.165, 1.54) is 51.4 Å². The van der Waals surface area contributed by atoms with Gasteiger partial charge < -0.3 is 5.11 Å². The maximum absolute atomic E-state index is 11.3. The van der Waals surface area contributed by atoms with Crippen LogP contribution in [-0.4, -0.2) is 17.0 Å². The first-order valence-corrected chi connectivity index (χ1v) is 7.36. The molecule has 0 fully saturated rings. The summed E-state index contributed by atoms with van der Waals surface area (Å²) < 4.78 is 0. The highest BCUT2D eigenvalue weighted by molar-refractivity contribution is 5.78. The molecule has 0 saturated carbocycles. The summed E-state index contributed by atoms with van der Waals surface area (Å²) >= 11 is 0. The number of Topliss-reactive ketones (excluding diaryl/α,β-unsaturated/α-hetero) is 1. The van der Waals surface area contributed by atoms with Gasteiger partial charge in [-0.3, -0.25) is 4.79 Å². The van der Waals surface area contributed by atoms with Gasteiger partial charge in [0.25, 0.3) is 0 Å². The summed E-state index contributed by atoms with van der Waals surface area (Å²) in [5, 5.41) is 9.05. The van der Waals surface area contributed by atoms with Gasteiger partial charge in [-0.1, -0.05) is 58.3 Å². The van der Waals surface area contributed by atoms with Gasteiger partial charge in [0.05, 0.1) is 6.10 Å². The lowest BCUT2D eigenvalue weighted by molar-refractivity contribution is -0.120. The third-order valence-electron chi connectivity index (χ3n) is 3.08. The molecule has 2 nitrogen and oxygen atoms in total. The van der Waals surface area contributed by atoms with E-state index in [9.17, 15) is 4.79 Å². The summed E-state index contributed by atoms with van der Waals surface area (Å²) in [7, 11) is 0. The maximum atomic E-state index is 11.3. The lowest BCUT2D eigenvalue weighted by Gasteiger charge is -2.03. The number of hydrogen-bond acceptors (Lipinski definition) is 2. The van der Waals surface area contributed by atoms with E-state index in [4.69, 9.17) is 5.11 Å². The molecule has 0 aliphatic rings. The van der Waals surface area contributed by atoms with Crippen LogP contribution >= 0.6 is 0 Å². The van der Waals surface area contributed by atoms with Crippen LogP contribution in [0.25, 0.3) is 0 Å². The minimum Gasteiger partial charge on any atom is -0.393 e. The van der Waals surface area contributed by atoms with Crippen LogP contribution in [-0.2, 0) is 4.79 Å². The smallest absolute Gasteiger partial charge is 0.135 e. The molecule has 2 heteroatoms. The molecule has 0 aromatic rings. The van der Waals surface area contributed by atoms with Crippen molar-refractivity contribution in [2.24, 2.45) is 0 Å². The van der Waals surface area contributed by atoms with Crippen molar-refractivity contribution in [2.75, 3.05) is 0 Å². The van der Waals surface area contributed by atoms with Gasteiger partial charge >= 0.3 is 0 Å². The van der Waals surface area contributed by atoms with Gasteiger partial charge in [0.1, 0.15) is 5.78 Å². The van der Waals surface area contributed by atoms with Crippen molar-refractivity contribution in [2.45, 2.75) is 90.6 Å². The van der Waals surface area contributed by atoms with E-state index in [2.05, 4.69) is 6.92 Å². The number of rotatable bonds is 12. The van der Waals surface area contributed by atoms with E-state index in [1.54, 1.807) is 6.92 Å². The summed E-state index contributed by atoms with van der Waals surface area (Å²) in [6, 6.07) is 0. The minimum atomic E-state index is -0.471. The van der Waals surface area contributed by atoms with Crippen LogP contribution in [0.5, 0.6) is 0 Å². The molecule has 0 spiro atoms. The quantitative estimate of drug-likeness (QED) is 0.519. The van der Waals surface area contributed by atoms with Gasteiger partial charge in [0.2, 0.25) is 0 Å². The zero-order chi connectivity index (χ0) is 12.9. The molecule has 17 heavy (non-hydrogen) atoms. The minimum absolute atomic E-state index is 0.211. The fourth-order valence-electron chi connectivity index (χ4n) is 2.06. The Balaban J connectivity index is 3.10. The average molecular weight is 242 g/mol. The first kappa shape index (κ1) is 16.6. The van der Waals surface area contributed by atoms with Gasteiger partial charge in [-0.05, 0) is 13.3 Å². The molecule has 0 aliphatic carbocycles. The molecule has 0 aliphatic heterocycles. The van der Waals surface area contributed by atoms with Crippen LogP contribution in [0, 0.1) is 0 Å². The number of unbranched alkanes of at least 4 members (excludes halogenated alkanes) is 8. The molecular weight excluding hydrogens is 212 g/mol. The maximum Gasteiger partial charge on any atom is 0.135 e. The Morgan fingerprint density at radius 2 is 1.41 bits per heavy atom. The predicted molar refractivity (Wildman–Crippen MR) is 73.1 cm³/mol. The number of hydrogen-bond donors (Lipinski definition) is 1. The van der Waals surface area contributed by atoms with E-state index >= 15 is 0 Å². The van der Waals surface area contributed by atoms with Crippen molar-refractivity contribution < 1.29 is 9.90 Å². The van der Waals surface area contributed by atoms with Crippen LogP contribution in [0.2, 0.25) is 0 Å². The van der Waals surface area contributed by atoms with Gasteiger partial charge in [-0.15, -0.1) is 0 Å².